The van der Waals surface area contributed by atoms with Crippen molar-refractivity contribution in [2.75, 3.05) is 6.61 Å². The second-order valence-corrected chi connectivity index (χ2v) is 7.05. The molecule has 0 heterocycles. The molecule has 0 aliphatic heterocycles. The maximum Gasteiger partial charge on any atom is 0.408 e. The van der Waals surface area contributed by atoms with Crippen LogP contribution in [0.1, 0.15) is 20.8 Å². The molecule has 0 rings (SSSR count). The molecule has 0 aliphatic rings. The van der Waals surface area contributed by atoms with E-state index < -0.39 is 37.0 Å². The molecule has 0 bridgehead atoms. The average Bonchev–Trinajstić information content (AvgIpc) is 2.06. The highest BCUT2D eigenvalue weighted by Gasteiger charge is 2.24. The number of rotatable bonds is 5. The van der Waals surface area contributed by atoms with Gasteiger partial charge in [-0.25, -0.2) is 4.79 Å². The van der Waals surface area contributed by atoms with Crippen LogP contribution in [-0.2, 0) is 25.9 Å². The highest BCUT2D eigenvalue weighted by atomic mass is 32.5. The molecular formula is C8H17N2O6PS. The Hall–Kier alpha value is -0.730. The Bertz CT molecular complexity index is 363. The fourth-order valence-corrected chi connectivity index (χ4v) is 1.34. The second-order valence-electron chi connectivity index (χ2n) is 4.39. The molecule has 0 saturated carbocycles. The fraction of sp³-hybridized carbons (Fsp3) is 0.750. The van der Waals surface area contributed by atoms with Gasteiger partial charge in [-0.1, -0.05) is 0 Å². The Morgan fingerprint density at radius 2 is 1.94 bits per heavy atom. The van der Waals surface area contributed by atoms with Crippen LogP contribution in [0.5, 0.6) is 0 Å². The van der Waals surface area contributed by atoms with Crippen molar-refractivity contribution in [1.82, 2.24) is 5.32 Å². The van der Waals surface area contributed by atoms with E-state index in [-0.39, 0.29) is 0 Å². The molecule has 106 valence electrons. The van der Waals surface area contributed by atoms with E-state index in [1.165, 1.54) is 0 Å². The minimum absolute atomic E-state index is 0.543. The predicted octanol–water partition coefficient (Wildman–Crippen LogP) is -0.409. The van der Waals surface area contributed by atoms with Crippen molar-refractivity contribution in [3.05, 3.63) is 0 Å². The number of nitrogens with two attached hydrogens (primary N) is 1. The number of hydrogen-bond acceptors (Lipinski definition) is 5. The first kappa shape index (κ1) is 17.3. The maximum atomic E-state index is 11.4. The van der Waals surface area contributed by atoms with E-state index in [9.17, 15) is 9.59 Å². The van der Waals surface area contributed by atoms with Crippen LogP contribution in [0.4, 0.5) is 4.79 Å². The van der Waals surface area contributed by atoms with E-state index >= 15 is 0 Å². The SMILES string of the molecule is CC(C)(C)OC(=O)N[C@@H](COP(O)(O)=S)C(N)=O. The lowest BCUT2D eigenvalue weighted by molar-refractivity contribution is -0.120. The summed E-state index contributed by atoms with van der Waals surface area (Å²) in [6.45, 7) is 0.474. The zero-order valence-corrected chi connectivity index (χ0v) is 12.0. The summed E-state index contributed by atoms with van der Waals surface area (Å²) in [5.41, 5.74) is 4.26. The van der Waals surface area contributed by atoms with Crippen molar-refractivity contribution in [2.24, 2.45) is 5.73 Å². The van der Waals surface area contributed by atoms with Crippen LogP contribution in [-0.4, -0.2) is 40.0 Å². The molecule has 0 aromatic rings. The van der Waals surface area contributed by atoms with Gasteiger partial charge >= 0.3 is 12.8 Å². The van der Waals surface area contributed by atoms with E-state index in [0.717, 1.165) is 0 Å². The number of carbonyl (C=O) groups is 2. The van der Waals surface area contributed by atoms with Crippen molar-refractivity contribution in [1.29, 1.82) is 0 Å². The van der Waals surface area contributed by atoms with Gasteiger partial charge in [-0.15, -0.1) is 0 Å². The molecule has 1 atom stereocenters. The summed E-state index contributed by atoms with van der Waals surface area (Å²) in [5, 5.41) is 2.13. The van der Waals surface area contributed by atoms with Crippen LogP contribution in [0.2, 0.25) is 0 Å². The molecule has 5 N–H and O–H groups in total. The van der Waals surface area contributed by atoms with Gasteiger partial charge in [0.1, 0.15) is 11.6 Å². The Morgan fingerprint density at radius 3 is 2.28 bits per heavy atom. The van der Waals surface area contributed by atoms with E-state index in [0.29, 0.717) is 0 Å². The third-order valence-electron chi connectivity index (χ3n) is 1.44. The third kappa shape index (κ3) is 9.32. The predicted molar refractivity (Wildman–Crippen MR) is 67.0 cm³/mol. The summed E-state index contributed by atoms with van der Waals surface area (Å²) in [5.74, 6) is -0.913. The monoisotopic (exact) mass is 300 g/mol. The minimum Gasteiger partial charge on any atom is -0.444 e. The molecule has 0 radical (unpaired) electrons. The topological polar surface area (TPSA) is 131 Å². The third-order valence-corrected chi connectivity index (χ3v) is 2.25. The molecule has 0 unspecified atom stereocenters. The zero-order chi connectivity index (χ0) is 14.6. The molecule has 0 aliphatic carbocycles. The van der Waals surface area contributed by atoms with Crippen LogP contribution < -0.4 is 11.1 Å². The number of ether oxygens (including phenoxy) is 1. The zero-order valence-electron chi connectivity index (χ0n) is 10.2. The van der Waals surface area contributed by atoms with Crippen LogP contribution in [0.25, 0.3) is 0 Å². The van der Waals surface area contributed by atoms with Gasteiger partial charge in [-0.2, -0.15) is 0 Å². The first-order valence-corrected chi connectivity index (χ1v) is 7.52. The van der Waals surface area contributed by atoms with Gasteiger partial charge in [0, 0.05) is 0 Å². The fourth-order valence-electron chi connectivity index (χ4n) is 0.816. The quantitative estimate of drug-likeness (QED) is 0.507. The van der Waals surface area contributed by atoms with E-state index in [2.05, 4.69) is 21.6 Å². The van der Waals surface area contributed by atoms with E-state index in [1.54, 1.807) is 20.8 Å². The Labute approximate surface area is 110 Å². The number of hydrogen-bond donors (Lipinski definition) is 4. The van der Waals surface area contributed by atoms with Gasteiger partial charge < -0.3 is 30.1 Å². The number of amides is 2. The molecule has 18 heavy (non-hydrogen) atoms. The lowest BCUT2D eigenvalue weighted by Crippen LogP contribution is -2.48. The number of carbonyl (C=O) groups excluding carboxylic acids is 2. The lowest BCUT2D eigenvalue weighted by Gasteiger charge is -2.22. The smallest absolute Gasteiger partial charge is 0.408 e. The Morgan fingerprint density at radius 1 is 1.44 bits per heavy atom. The summed E-state index contributed by atoms with van der Waals surface area (Å²) < 4.78 is 9.34. The molecule has 2 amide bonds. The molecule has 10 heteroatoms. The summed E-state index contributed by atoms with van der Waals surface area (Å²) in [4.78, 5) is 40.0. The van der Waals surface area contributed by atoms with Gasteiger partial charge in [0.15, 0.2) is 0 Å². The largest absolute Gasteiger partial charge is 0.444 e. The van der Waals surface area contributed by atoms with Crippen LogP contribution in [0.3, 0.4) is 0 Å². The molecular weight excluding hydrogens is 283 g/mol. The summed E-state index contributed by atoms with van der Waals surface area (Å²) in [6, 6.07) is -1.26. The van der Waals surface area contributed by atoms with Crippen LogP contribution in [0, 0.1) is 0 Å². The average molecular weight is 300 g/mol. The van der Waals surface area contributed by atoms with Crippen LogP contribution in [0.15, 0.2) is 0 Å². The first-order valence-electron chi connectivity index (χ1n) is 4.89. The maximum absolute atomic E-state index is 11.4. The molecule has 8 nitrogen and oxygen atoms in total. The van der Waals surface area contributed by atoms with Crippen molar-refractivity contribution in [3.63, 3.8) is 0 Å². The molecule has 0 spiro atoms. The molecule has 0 saturated heterocycles. The normalized spacial score (nSPS) is 13.8. The van der Waals surface area contributed by atoms with Gasteiger partial charge in [0.25, 0.3) is 0 Å². The van der Waals surface area contributed by atoms with Gasteiger partial charge in [-0.3, -0.25) is 4.79 Å². The summed E-state index contributed by atoms with van der Waals surface area (Å²) >= 11 is 4.20. The first-order chi connectivity index (χ1) is 7.91. The van der Waals surface area contributed by atoms with E-state index in [1.807, 2.05) is 0 Å². The van der Waals surface area contributed by atoms with Crippen LogP contribution >= 0.6 is 6.72 Å². The highest BCUT2D eigenvalue weighted by molar-refractivity contribution is 8.06. The van der Waals surface area contributed by atoms with E-state index in [4.69, 9.17) is 20.3 Å². The number of nitrogens with one attached hydrogen (secondary N) is 1. The Kier molecular flexibility index (Phi) is 6.18. The highest BCUT2D eigenvalue weighted by Crippen LogP contribution is 2.36. The van der Waals surface area contributed by atoms with Gasteiger partial charge in [0.2, 0.25) is 5.91 Å². The number of alkyl carbamates (subject to hydrolysis) is 1. The van der Waals surface area contributed by atoms with Crippen molar-refractivity contribution >= 4 is 30.5 Å². The molecule has 0 fully saturated rings. The van der Waals surface area contributed by atoms with Gasteiger partial charge in [-0.05, 0) is 32.6 Å². The second kappa shape index (κ2) is 6.44. The molecule has 0 aromatic heterocycles. The Balaban J connectivity index is 4.42. The molecule has 0 aromatic carbocycles. The van der Waals surface area contributed by atoms with Crippen molar-refractivity contribution in [3.8, 4) is 0 Å². The van der Waals surface area contributed by atoms with Gasteiger partial charge in [0.05, 0.1) is 6.61 Å². The van der Waals surface area contributed by atoms with Crippen molar-refractivity contribution < 1.29 is 28.6 Å². The number of primary amides is 1. The summed E-state index contributed by atoms with van der Waals surface area (Å²) in [7, 11) is 0. The minimum atomic E-state index is -3.91. The lowest BCUT2D eigenvalue weighted by atomic mass is 10.2. The summed E-state index contributed by atoms with van der Waals surface area (Å²) in [6.07, 6.45) is -0.876. The van der Waals surface area contributed by atoms with Crippen molar-refractivity contribution in [2.45, 2.75) is 32.4 Å². The standard InChI is InChI=1S/C8H17N2O6PS/c1-8(2,3)16-7(12)10-5(6(9)11)4-15-17(13,14)18/h5H,4H2,1-3H3,(H2,9,11)(H,10,12)(H2,13,14,18)/t5-/m0/s1.